The van der Waals surface area contributed by atoms with Crippen molar-refractivity contribution in [2.24, 2.45) is 5.92 Å². The highest BCUT2D eigenvalue weighted by Crippen LogP contribution is 2.27. The molecule has 2 saturated heterocycles. The highest BCUT2D eigenvalue weighted by molar-refractivity contribution is 5.94. The van der Waals surface area contributed by atoms with Crippen molar-refractivity contribution in [3.8, 4) is 5.75 Å². The standard InChI is InChI=1S/C26H33N3O3/c1-20-7-6-8-21(17-20)26(31)29-12-11-24(32-23-9-4-3-5-10-23)22(19-29)18-25(30)28-15-13-27(2)14-16-28/h3-10,17,22,24H,11-16,18-19H2,1-2H3/t22-,24-/m0/s1. The van der Waals surface area contributed by atoms with E-state index in [2.05, 4.69) is 11.9 Å². The van der Waals surface area contributed by atoms with Crippen LogP contribution in [0.3, 0.4) is 0 Å². The Labute approximate surface area is 190 Å². The Kier molecular flexibility index (Phi) is 7.10. The molecular weight excluding hydrogens is 402 g/mol. The summed E-state index contributed by atoms with van der Waals surface area (Å²) in [6.07, 6.45) is 1.03. The number of carbonyl (C=O) groups excluding carboxylic acids is 2. The number of rotatable bonds is 5. The maximum absolute atomic E-state index is 13.2. The summed E-state index contributed by atoms with van der Waals surface area (Å²) < 4.78 is 6.31. The minimum atomic E-state index is -0.0876. The maximum atomic E-state index is 13.2. The van der Waals surface area contributed by atoms with Gasteiger partial charge in [0, 0.05) is 63.6 Å². The third kappa shape index (κ3) is 5.49. The molecule has 0 spiro atoms. The molecular formula is C26H33N3O3. The van der Waals surface area contributed by atoms with E-state index >= 15 is 0 Å². The molecule has 2 aromatic rings. The quantitative estimate of drug-likeness (QED) is 0.724. The third-order valence-corrected chi connectivity index (χ3v) is 6.54. The van der Waals surface area contributed by atoms with Crippen LogP contribution in [0, 0.1) is 12.8 Å². The van der Waals surface area contributed by atoms with Crippen molar-refractivity contribution >= 4 is 11.8 Å². The summed E-state index contributed by atoms with van der Waals surface area (Å²) >= 11 is 0. The highest BCUT2D eigenvalue weighted by atomic mass is 16.5. The van der Waals surface area contributed by atoms with E-state index in [9.17, 15) is 9.59 Å². The Morgan fingerprint density at radius 3 is 2.41 bits per heavy atom. The lowest BCUT2D eigenvalue weighted by Crippen LogP contribution is -2.51. The summed E-state index contributed by atoms with van der Waals surface area (Å²) in [5, 5.41) is 0. The van der Waals surface area contributed by atoms with Gasteiger partial charge in [-0.25, -0.2) is 0 Å². The predicted molar refractivity (Wildman–Crippen MR) is 125 cm³/mol. The summed E-state index contributed by atoms with van der Waals surface area (Å²) in [5.74, 6) is 0.969. The van der Waals surface area contributed by atoms with Crippen molar-refractivity contribution in [2.45, 2.75) is 25.9 Å². The van der Waals surface area contributed by atoms with E-state index in [1.54, 1.807) is 0 Å². The van der Waals surface area contributed by atoms with Crippen LogP contribution in [0.4, 0.5) is 0 Å². The average Bonchev–Trinajstić information content (AvgIpc) is 2.81. The Hall–Kier alpha value is -2.86. The number of amides is 2. The number of para-hydroxylation sites is 1. The van der Waals surface area contributed by atoms with E-state index in [1.807, 2.05) is 71.3 Å². The maximum Gasteiger partial charge on any atom is 0.253 e. The number of piperazine rings is 1. The molecule has 0 aromatic heterocycles. The van der Waals surface area contributed by atoms with Gasteiger partial charge in [0.25, 0.3) is 5.91 Å². The van der Waals surface area contributed by atoms with Crippen LogP contribution in [0.1, 0.15) is 28.8 Å². The van der Waals surface area contributed by atoms with Gasteiger partial charge in [0.15, 0.2) is 0 Å². The van der Waals surface area contributed by atoms with Gasteiger partial charge in [0.05, 0.1) is 0 Å². The number of hydrogen-bond acceptors (Lipinski definition) is 4. The number of nitrogens with zero attached hydrogens (tertiary/aromatic N) is 3. The highest BCUT2D eigenvalue weighted by Gasteiger charge is 2.36. The minimum Gasteiger partial charge on any atom is -0.490 e. The predicted octanol–water partition coefficient (Wildman–Crippen LogP) is 3.07. The van der Waals surface area contributed by atoms with Gasteiger partial charge < -0.3 is 19.4 Å². The van der Waals surface area contributed by atoms with Gasteiger partial charge in [-0.1, -0.05) is 35.9 Å². The Balaban J connectivity index is 1.47. The lowest BCUT2D eigenvalue weighted by atomic mass is 9.90. The molecule has 2 aliphatic heterocycles. The molecule has 2 fully saturated rings. The Bertz CT molecular complexity index is 925. The zero-order valence-corrected chi connectivity index (χ0v) is 19.1. The van der Waals surface area contributed by atoms with Gasteiger partial charge in [-0.05, 0) is 38.2 Å². The number of hydrogen-bond donors (Lipinski definition) is 0. The number of carbonyl (C=O) groups is 2. The number of aryl methyl sites for hydroxylation is 1. The Morgan fingerprint density at radius 2 is 1.69 bits per heavy atom. The van der Waals surface area contributed by atoms with Crippen LogP contribution in [0.25, 0.3) is 0 Å². The van der Waals surface area contributed by atoms with Crippen molar-refractivity contribution < 1.29 is 14.3 Å². The molecule has 0 N–H and O–H groups in total. The summed E-state index contributed by atoms with van der Waals surface area (Å²) in [4.78, 5) is 32.4. The fourth-order valence-electron chi connectivity index (χ4n) is 4.59. The van der Waals surface area contributed by atoms with E-state index in [0.717, 1.165) is 37.5 Å². The first-order valence-electron chi connectivity index (χ1n) is 11.5. The van der Waals surface area contributed by atoms with Gasteiger partial charge in [-0.15, -0.1) is 0 Å². The molecule has 0 unspecified atom stereocenters. The fourth-order valence-corrected chi connectivity index (χ4v) is 4.59. The normalized spacial score (nSPS) is 21.9. The van der Waals surface area contributed by atoms with E-state index in [1.165, 1.54) is 0 Å². The van der Waals surface area contributed by atoms with Crippen LogP contribution in [0.5, 0.6) is 5.75 Å². The average molecular weight is 436 g/mol. The SMILES string of the molecule is Cc1cccc(C(=O)N2CC[C@H](Oc3ccccc3)[C@@H](CC(=O)N3CCN(C)CC3)C2)c1. The molecule has 4 rings (SSSR count). The number of likely N-dealkylation sites (N-methyl/N-ethyl adjacent to an activating group) is 1. The molecule has 2 atom stereocenters. The topological polar surface area (TPSA) is 53.1 Å². The molecule has 0 saturated carbocycles. The molecule has 0 aliphatic carbocycles. The van der Waals surface area contributed by atoms with Crippen LogP contribution in [-0.2, 0) is 4.79 Å². The van der Waals surface area contributed by atoms with E-state index in [0.29, 0.717) is 31.5 Å². The van der Waals surface area contributed by atoms with Crippen molar-refractivity contribution in [3.05, 3.63) is 65.7 Å². The van der Waals surface area contributed by atoms with Gasteiger partial charge in [-0.2, -0.15) is 0 Å². The number of piperidine rings is 1. The first kappa shape index (κ1) is 22.3. The molecule has 2 amide bonds. The lowest BCUT2D eigenvalue weighted by molar-refractivity contribution is -0.135. The molecule has 170 valence electrons. The smallest absolute Gasteiger partial charge is 0.253 e. The van der Waals surface area contributed by atoms with Gasteiger partial charge in [0.1, 0.15) is 11.9 Å². The van der Waals surface area contributed by atoms with Crippen LogP contribution in [0.15, 0.2) is 54.6 Å². The Morgan fingerprint density at radius 1 is 0.938 bits per heavy atom. The minimum absolute atomic E-state index is 0.0314. The molecule has 6 nitrogen and oxygen atoms in total. The van der Waals surface area contributed by atoms with Crippen LogP contribution < -0.4 is 4.74 Å². The van der Waals surface area contributed by atoms with Crippen molar-refractivity contribution in [1.29, 1.82) is 0 Å². The van der Waals surface area contributed by atoms with E-state index in [-0.39, 0.29) is 23.8 Å². The van der Waals surface area contributed by atoms with Crippen molar-refractivity contribution in [1.82, 2.24) is 14.7 Å². The van der Waals surface area contributed by atoms with Crippen molar-refractivity contribution in [2.75, 3.05) is 46.3 Å². The van der Waals surface area contributed by atoms with Gasteiger partial charge in [-0.3, -0.25) is 9.59 Å². The monoisotopic (exact) mass is 435 g/mol. The van der Waals surface area contributed by atoms with Crippen LogP contribution >= 0.6 is 0 Å². The zero-order chi connectivity index (χ0) is 22.5. The molecule has 2 aliphatic rings. The molecule has 6 heteroatoms. The zero-order valence-electron chi connectivity index (χ0n) is 19.1. The lowest BCUT2D eigenvalue weighted by Gasteiger charge is -2.40. The van der Waals surface area contributed by atoms with Crippen LogP contribution in [-0.4, -0.2) is 78.9 Å². The van der Waals surface area contributed by atoms with E-state index in [4.69, 9.17) is 4.74 Å². The second kappa shape index (κ2) is 10.2. The first-order chi connectivity index (χ1) is 15.5. The number of likely N-dealkylation sites (tertiary alicyclic amines) is 1. The first-order valence-corrected chi connectivity index (χ1v) is 11.5. The molecule has 32 heavy (non-hydrogen) atoms. The van der Waals surface area contributed by atoms with Crippen LogP contribution in [0.2, 0.25) is 0 Å². The third-order valence-electron chi connectivity index (χ3n) is 6.54. The summed E-state index contributed by atoms with van der Waals surface area (Å²) in [6.45, 7) is 6.48. The van der Waals surface area contributed by atoms with E-state index < -0.39 is 0 Å². The number of benzene rings is 2. The summed E-state index contributed by atoms with van der Waals surface area (Å²) in [5.41, 5.74) is 1.77. The molecule has 0 bridgehead atoms. The summed E-state index contributed by atoms with van der Waals surface area (Å²) in [6, 6.07) is 17.5. The molecule has 0 radical (unpaired) electrons. The van der Waals surface area contributed by atoms with Gasteiger partial charge >= 0.3 is 0 Å². The molecule has 2 aromatic carbocycles. The number of ether oxygens (including phenoxy) is 1. The second-order valence-corrected chi connectivity index (χ2v) is 9.03. The largest absolute Gasteiger partial charge is 0.490 e. The summed E-state index contributed by atoms with van der Waals surface area (Å²) in [7, 11) is 2.08. The van der Waals surface area contributed by atoms with Gasteiger partial charge in [0.2, 0.25) is 5.91 Å². The second-order valence-electron chi connectivity index (χ2n) is 9.03. The van der Waals surface area contributed by atoms with Crippen molar-refractivity contribution in [3.63, 3.8) is 0 Å². The fraction of sp³-hybridized carbons (Fsp3) is 0.462. The molecule has 2 heterocycles.